The first-order chi connectivity index (χ1) is 13.3. The summed E-state index contributed by atoms with van der Waals surface area (Å²) in [5.74, 6) is -1.01. The van der Waals surface area contributed by atoms with Crippen LogP contribution in [0.4, 0.5) is 15.8 Å². The highest BCUT2D eigenvalue weighted by Gasteiger charge is 2.22. The first-order valence-electron chi connectivity index (χ1n) is 8.50. The van der Waals surface area contributed by atoms with Gasteiger partial charge in [-0.2, -0.15) is 0 Å². The summed E-state index contributed by atoms with van der Waals surface area (Å²) in [6, 6.07) is 18.3. The summed E-state index contributed by atoms with van der Waals surface area (Å²) in [6.07, 6.45) is 0. The van der Waals surface area contributed by atoms with E-state index in [4.69, 9.17) is 0 Å². The Labute approximate surface area is 163 Å². The van der Waals surface area contributed by atoms with Crippen molar-refractivity contribution in [2.45, 2.75) is 11.8 Å². The molecule has 1 amide bonds. The summed E-state index contributed by atoms with van der Waals surface area (Å²) in [4.78, 5) is 12.4. The Kier molecular flexibility index (Phi) is 5.46. The van der Waals surface area contributed by atoms with Crippen LogP contribution >= 0.6 is 0 Å². The van der Waals surface area contributed by atoms with Crippen LogP contribution in [0.2, 0.25) is 0 Å². The number of amides is 1. The molecule has 5 nitrogen and oxygen atoms in total. The van der Waals surface area contributed by atoms with Gasteiger partial charge in [-0.3, -0.25) is 9.10 Å². The maximum atomic E-state index is 13.3. The van der Waals surface area contributed by atoms with Gasteiger partial charge in [-0.1, -0.05) is 29.8 Å². The molecule has 0 radical (unpaired) electrons. The number of carbonyl (C=O) groups excluding carboxylic acids is 1. The molecule has 0 unspecified atom stereocenters. The van der Waals surface area contributed by atoms with Crippen LogP contribution < -0.4 is 9.62 Å². The maximum Gasteiger partial charge on any atom is 0.264 e. The van der Waals surface area contributed by atoms with Crippen molar-refractivity contribution >= 4 is 27.3 Å². The smallest absolute Gasteiger partial charge is 0.264 e. The molecule has 0 saturated carbocycles. The summed E-state index contributed by atoms with van der Waals surface area (Å²) in [7, 11) is -2.39. The molecule has 144 valence electrons. The van der Waals surface area contributed by atoms with Crippen LogP contribution in [0, 0.1) is 12.7 Å². The normalized spacial score (nSPS) is 11.1. The number of nitrogens with zero attached hydrogens (tertiary/aromatic N) is 1. The Morgan fingerprint density at radius 2 is 1.64 bits per heavy atom. The largest absolute Gasteiger partial charge is 0.322 e. The van der Waals surface area contributed by atoms with E-state index in [2.05, 4.69) is 5.32 Å². The van der Waals surface area contributed by atoms with Crippen molar-refractivity contribution in [3.8, 4) is 0 Å². The SMILES string of the molecule is Cc1ccc(N(C)S(=O)(=O)c2cccc(C(=O)Nc3cccc(F)c3)c2)cc1. The molecule has 0 atom stereocenters. The molecule has 3 aromatic carbocycles. The monoisotopic (exact) mass is 398 g/mol. The quantitative estimate of drug-likeness (QED) is 0.700. The lowest BCUT2D eigenvalue weighted by molar-refractivity contribution is 0.102. The van der Waals surface area contributed by atoms with E-state index < -0.39 is 21.7 Å². The van der Waals surface area contributed by atoms with E-state index in [-0.39, 0.29) is 16.1 Å². The second-order valence-corrected chi connectivity index (χ2v) is 8.27. The molecule has 3 rings (SSSR count). The summed E-state index contributed by atoms with van der Waals surface area (Å²) < 4.78 is 40.3. The van der Waals surface area contributed by atoms with E-state index in [0.717, 1.165) is 9.87 Å². The predicted octanol–water partition coefficient (Wildman–Crippen LogP) is 4.21. The third kappa shape index (κ3) is 4.20. The second kappa shape index (κ2) is 7.82. The van der Waals surface area contributed by atoms with Gasteiger partial charge in [-0.15, -0.1) is 0 Å². The number of nitrogens with one attached hydrogen (secondary N) is 1. The zero-order valence-corrected chi connectivity index (χ0v) is 16.2. The fourth-order valence-electron chi connectivity index (χ4n) is 2.62. The minimum absolute atomic E-state index is 0.0116. The van der Waals surface area contributed by atoms with Crippen LogP contribution in [0.3, 0.4) is 0 Å². The number of rotatable bonds is 5. The van der Waals surface area contributed by atoms with Crippen molar-refractivity contribution in [1.29, 1.82) is 0 Å². The van der Waals surface area contributed by atoms with E-state index in [1.165, 1.54) is 49.5 Å². The maximum absolute atomic E-state index is 13.3. The van der Waals surface area contributed by atoms with Crippen LogP contribution in [-0.2, 0) is 10.0 Å². The molecule has 0 aromatic heterocycles. The number of benzene rings is 3. The van der Waals surface area contributed by atoms with Crippen molar-refractivity contribution < 1.29 is 17.6 Å². The van der Waals surface area contributed by atoms with Crippen molar-refractivity contribution in [2.75, 3.05) is 16.7 Å². The van der Waals surface area contributed by atoms with E-state index >= 15 is 0 Å². The summed E-state index contributed by atoms with van der Waals surface area (Å²) in [6.45, 7) is 1.92. The molecule has 28 heavy (non-hydrogen) atoms. The van der Waals surface area contributed by atoms with Gasteiger partial charge in [-0.25, -0.2) is 12.8 Å². The fourth-order valence-corrected chi connectivity index (χ4v) is 3.86. The van der Waals surface area contributed by atoms with E-state index in [9.17, 15) is 17.6 Å². The van der Waals surface area contributed by atoms with Gasteiger partial charge in [0.1, 0.15) is 5.82 Å². The topological polar surface area (TPSA) is 66.5 Å². The van der Waals surface area contributed by atoms with Gasteiger partial charge >= 0.3 is 0 Å². The van der Waals surface area contributed by atoms with Crippen LogP contribution in [-0.4, -0.2) is 21.4 Å². The van der Waals surface area contributed by atoms with E-state index in [1.54, 1.807) is 18.2 Å². The summed E-state index contributed by atoms with van der Waals surface area (Å²) in [5.41, 5.74) is 1.98. The predicted molar refractivity (Wildman–Crippen MR) is 108 cm³/mol. The highest BCUT2D eigenvalue weighted by Crippen LogP contribution is 2.23. The first-order valence-corrected chi connectivity index (χ1v) is 9.94. The van der Waals surface area contributed by atoms with Crippen LogP contribution in [0.25, 0.3) is 0 Å². The second-order valence-electron chi connectivity index (χ2n) is 6.30. The number of halogens is 1. The van der Waals surface area contributed by atoms with Crippen molar-refractivity contribution in [3.05, 3.63) is 89.7 Å². The van der Waals surface area contributed by atoms with Gasteiger partial charge in [0.25, 0.3) is 15.9 Å². The van der Waals surface area contributed by atoms with E-state index in [0.29, 0.717) is 5.69 Å². The molecular weight excluding hydrogens is 379 g/mol. The molecule has 0 spiro atoms. The minimum Gasteiger partial charge on any atom is -0.322 e. The molecule has 0 aliphatic carbocycles. The highest BCUT2D eigenvalue weighted by molar-refractivity contribution is 7.92. The lowest BCUT2D eigenvalue weighted by Crippen LogP contribution is -2.26. The molecule has 3 aromatic rings. The van der Waals surface area contributed by atoms with Crippen molar-refractivity contribution in [1.82, 2.24) is 0 Å². The molecule has 1 N–H and O–H groups in total. The Balaban J connectivity index is 1.87. The van der Waals surface area contributed by atoms with Crippen molar-refractivity contribution in [3.63, 3.8) is 0 Å². The number of sulfonamides is 1. The van der Waals surface area contributed by atoms with Crippen molar-refractivity contribution in [2.24, 2.45) is 0 Å². The molecule has 0 bridgehead atoms. The van der Waals surface area contributed by atoms with Crippen LogP contribution in [0.1, 0.15) is 15.9 Å². The Bertz CT molecular complexity index is 1110. The van der Waals surface area contributed by atoms with E-state index in [1.807, 2.05) is 19.1 Å². The average Bonchev–Trinajstić information content (AvgIpc) is 2.68. The summed E-state index contributed by atoms with van der Waals surface area (Å²) in [5, 5.41) is 2.56. The fraction of sp³-hybridized carbons (Fsp3) is 0.0952. The van der Waals surface area contributed by atoms with Crippen LogP contribution in [0.5, 0.6) is 0 Å². The Morgan fingerprint density at radius 1 is 0.964 bits per heavy atom. The number of hydrogen-bond donors (Lipinski definition) is 1. The standard InChI is InChI=1S/C21H19FN2O3S/c1-15-9-11-19(12-10-15)24(2)28(26,27)20-8-3-5-16(13-20)21(25)23-18-7-4-6-17(22)14-18/h3-14H,1-2H3,(H,23,25). The van der Waals surface area contributed by atoms with Gasteiger partial charge in [0.05, 0.1) is 10.6 Å². The van der Waals surface area contributed by atoms with Gasteiger partial charge in [0.15, 0.2) is 0 Å². The lowest BCUT2D eigenvalue weighted by Gasteiger charge is -2.20. The van der Waals surface area contributed by atoms with Crippen LogP contribution in [0.15, 0.2) is 77.7 Å². The van der Waals surface area contributed by atoms with Gasteiger partial charge < -0.3 is 5.32 Å². The average molecular weight is 398 g/mol. The molecule has 0 saturated heterocycles. The molecule has 0 aliphatic rings. The summed E-state index contributed by atoms with van der Waals surface area (Å²) >= 11 is 0. The number of carbonyl (C=O) groups is 1. The van der Waals surface area contributed by atoms with Gasteiger partial charge in [0, 0.05) is 18.3 Å². The zero-order chi connectivity index (χ0) is 20.3. The highest BCUT2D eigenvalue weighted by atomic mass is 32.2. The number of anilines is 2. The molecule has 0 fully saturated rings. The third-order valence-corrected chi connectivity index (χ3v) is 6.02. The molecule has 0 aliphatic heterocycles. The van der Waals surface area contributed by atoms with Gasteiger partial charge in [0.2, 0.25) is 0 Å². The molecule has 0 heterocycles. The number of aryl methyl sites for hydroxylation is 1. The zero-order valence-electron chi connectivity index (χ0n) is 15.4. The molecular formula is C21H19FN2O3S. The minimum atomic E-state index is -3.85. The van der Waals surface area contributed by atoms with Gasteiger partial charge in [-0.05, 0) is 55.5 Å². The third-order valence-electron chi connectivity index (χ3n) is 4.23. The Hall–Kier alpha value is -3.19. The first kappa shape index (κ1) is 19.6. The molecule has 7 heteroatoms. The Morgan fingerprint density at radius 3 is 2.32 bits per heavy atom. The lowest BCUT2D eigenvalue weighted by atomic mass is 10.2. The number of hydrogen-bond acceptors (Lipinski definition) is 3.